The van der Waals surface area contributed by atoms with E-state index >= 15 is 0 Å². The first kappa shape index (κ1) is 31.9. The summed E-state index contributed by atoms with van der Waals surface area (Å²) in [5.41, 5.74) is 9.22. The van der Waals surface area contributed by atoms with Crippen molar-refractivity contribution in [1.82, 2.24) is 5.32 Å². The number of ketones is 1. The molecule has 0 saturated carbocycles. The lowest BCUT2D eigenvalue weighted by molar-refractivity contribution is -0.121. The van der Waals surface area contributed by atoms with Gasteiger partial charge < -0.3 is 35.2 Å². The topological polar surface area (TPSA) is 154 Å². The van der Waals surface area contributed by atoms with E-state index in [4.69, 9.17) is 15.2 Å². The van der Waals surface area contributed by atoms with Crippen LogP contribution >= 0.6 is 0 Å². The number of carbonyl (C=O) groups is 1. The summed E-state index contributed by atoms with van der Waals surface area (Å²) < 4.78 is 11.7. The molecule has 2 bridgehead atoms. The van der Waals surface area contributed by atoms with Crippen LogP contribution in [0.3, 0.4) is 0 Å². The van der Waals surface area contributed by atoms with E-state index in [2.05, 4.69) is 23.5 Å². The van der Waals surface area contributed by atoms with Gasteiger partial charge in [0.25, 0.3) is 0 Å². The van der Waals surface area contributed by atoms with Crippen LogP contribution in [-0.4, -0.2) is 58.2 Å². The molecule has 5 unspecified atom stereocenters. The van der Waals surface area contributed by atoms with Crippen molar-refractivity contribution in [2.24, 2.45) is 17.6 Å². The molecule has 1 heterocycles. The molecule has 3 aromatic rings. The number of rotatable bonds is 12. The van der Waals surface area contributed by atoms with Crippen LogP contribution in [0.25, 0.3) is 0 Å². The van der Waals surface area contributed by atoms with Gasteiger partial charge in [-0.05, 0) is 91.9 Å². The van der Waals surface area contributed by atoms with Gasteiger partial charge in [-0.1, -0.05) is 48.6 Å². The Morgan fingerprint density at radius 2 is 1.76 bits per heavy atom. The van der Waals surface area contributed by atoms with Crippen molar-refractivity contribution in [3.63, 3.8) is 0 Å². The zero-order valence-corrected chi connectivity index (χ0v) is 26.0. The Balaban J connectivity index is 1.27. The highest BCUT2D eigenvalue weighted by molar-refractivity contribution is 5.79. The van der Waals surface area contributed by atoms with Gasteiger partial charge >= 0.3 is 0 Å². The Labute approximate surface area is 269 Å². The summed E-state index contributed by atoms with van der Waals surface area (Å²) in [7, 11) is 0. The summed E-state index contributed by atoms with van der Waals surface area (Å²) in [5.74, 6) is -0.471. The van der Waals surface area contributed by atoms with Crippen molar-refractivity contribution in [1.29, 1.82) is 0 Å². The summed E-state index contributed by atoms with van der Waals surface area (Å²) in [5, 5.41) is 47.1. The monoisotopic (exact) mass is 628 g/mol. The van der Waals surface area contributed by atoms with Crippen LogP contribution in [-0.2, 0) is 17.6 Å². The number of allylic oxidation sites excluding steroid dienone is 1. The maximum absolute atomic E-state index is 13.2. The molecule has 1 fully saturated rings. The van der Waals surface area contributed by atoms with Crippen LogP contribution in [0.4, 0.5) is 0 Å². The highest BCUT2D eigenvalue weighted by Crippen LogP contribution is 2.58. The Morgan fingerprint density at radius 3 is 2.52 bits per heavy atom. The van der Waals surface area contributed by atoms with E-state index in [1.54, 1.807) is 18.2 Å². The van der Waals surface area contributed by atoms with E-state index in [-0.39, 0.29) is 78.1 Å². The van der Waals surface area contributed by atoms with Gasteiger partial charge in [0, 0.05) is 30.2 Å². The van der Waals surface area contributed by atoms with E-state index < -0.39 is 6.10 Å². The van der Waals surface area contributed by atoms with Gasteiger partial charge in [-0.2, -0.15) is 0 Å². The maximum atomic E-state index is 13.2. The van der Waals surface area contributed by atoms with E-state index in [9.17, 15) is 25.2 Å². The van der Waals surface area contributed by atoms with Crippen LogP contribution in [0.5, 0.6) is 28.7 Å². The van der Waals surface area contributed by atoms with Crippen LogP contribution < -0.4 is 20.5 Å². The number of aliphatic hydroxyl groups excluding tert-OH is 1. The number of aromatic hydroxyl groups is 3. The van der Waals surface area contributed by atoms with Crippen molar-refractivity contribution >= 4 is 5.78 Å². The van der Waals surface area contributed by atoms with Gasteiger partial charge in [0.1, 0.15) is 18.6 Å². The number of nitrogens with one attached hydrogen (secondary N) is 1. The zero-order valence-electron chi connectivity index (χ0n) is 26.0. The molecule has 7 N–H and O–H groups in total. The van der Waals surface area contributed by atoms with Crippen molar-refractivity contribution < 1.29 is 34.7 Å². The molecule has 3 aromatic carbocycles. The SMILES string of the molecule is NCOc1cc(CCC(=O)CC(O)C2C=CC3CC(Cc4ccccc4)C2c2cc(O)c(O)c(OC4CCNCC4)c23)ccc1O. The maximum Gasteiger partial charge on any atom is 0.200 e. The normalized spacial score (nSPS) is 23.0. The molecule has 1 aliphatic heterocycles. The third-order valence-corrected chi connectivity index (χ3v) is 9.83. The Kier molecular flexibility index (Phi) is 9.82. The Bertz CT molecular complexity index is 1550. The van der Waals surface area contributed by atoms with Crippen molar-refractivity contribution in [2.75, 3.05) is 19.8 Å². The van der Waals surface area contributed by atoms with E-state index in [0.717, 1.165) is 55.5 Å². The molecule has 244 valence electrons. The number of Topliss-reactive ketones (excluding diaryl/α,β-unsaturated/α-hetero) is 1. The summed E-state index contributed by atoms with van der Waals surface area (Å²) in [6.45, 7) is 1.58. The van der Waals surface area contributed by atoms with E-state index in [0.29, 0.717) is 12.2 Å². The average molecular weight is 629 g/mol. The lowest BCUT2D eigenvalue weighted by Crippen LogP contribution is -2.36. The number of aryl methyl sites for hydroxylation is 1. The van der Waals surface area contributed by atoms with Crippen molar-refractivity contribution in [3.8, 4) is 28.7 Å². The minimum Gasteiger partial charge on any atom is -0.504 e. The quantitative estimate of drug-likeness (QED) is 0.0943. The lowest BCUT2D eigenvalue weighted by atomic mass is 9.65. The molecular weight excluding hydrogens is 584 g/mol. The second-order valence-corrected chi connectivity index (χ2v) is 12.8. The number of ether oxygens (including phenoxy) is 2. The fraction of sp³-hybridized carbons (Fsp3) is 0.432. The van der Waals surface area contributed by atoms with Gasteiger partial charge in [-0.25, -0.2) is 0 Å². The lowest BCUT2D eigenvalue weighted by Gasteiger charge is -2.41. The molecule has 3 aliphatic carbocycles. The largest absolute Gasteiger partial charge is 0.504 e. The molecule has 7 rings (SSSR count). The number of piperidine rings is 1. The van der Waals surface area contributed by atoms with Crippen molar-refractivity contribution in [3.05, 3.63) is 89.0 Å². The second kappa shape index (κ2) is 14.2. The Hall–Kier alpha value is -4.05. The summed E-state index contributed by atoms with van der Waals surface area (Å²) in [6.07, 6.45) is 6.94. The van der Waals surface area contributed by atoms with Gasteiger partial charge in [0.05, 0.1) is 6.10 Å². The predicted octanol–water partition coefficient (Wildman–Crippen LogP) is 4.80. The summed E-state index contributed by atoms with van der Waals surface area (Å²) >= 11 is 0. The fourth-order valence-corrected chi connectivity index (χ4v) is 7.62. The van der Waals surface area contributed by atoms with Gasteiger partial charge in [-0.3, -0.25) is 10.5 Å². The standard InChI is InChI=1S/C37H44N2O7/c38-21-45-33-17-23(7-11-30(33)41)6-9-26(40)19-31(42)28-10-8-24-18-25(16-22-4-2-1-3-5-22)34(28)29-20-32(43)36(44)37(35(24)29)46-27-12-14-39-15-13-27/h1-5,7-8,10-11,17,20,24-25,27-28,31,34,39,41-44H,6,9,12-16,18-19,21,38H2. The van der Waals surface area contributed by atoms with Gasteiger partial charge in [0.2, 0.25) is 5.75 Å². The smallest absolute Gasteiger partial charge is 0.200 e. The zero-order chi connectivity index (χ0) is 32.2. The first-order valence-corrected chi connectivity index (χ1v) is 16.3. The number of fused-ring (bicyclic) bond motifs is 2. The second-order valence-electron chi connectivity index (χ2n) is 12.8. The van der Waals surface area contributed by atoms with Crippen molar-refractivity contribution in [2.45, 2.75) is 69.0 Å². The third kappa shape index (κ3) is 6.87. The number of hydrogen-bond donors (Lipinski definition) is 6. The molecule has 9 heteroatoms. The molecule has 0 radical (unpaired) electrons. The van der Waals surface area contributed by atoms with Crippen LogP contribution in [0.15, 0.2) is 66.7 Å². The molecule has 9 nitrogen and oxygen atoms in total. The van der Waals surface area contributed by atoms with Crippen LogP contribution in [0.2, 0.25) is 0 Å². The molecule has 1 saturated heterocycles. The molecule has 0 aromatic heterocycles. The minimum absolute atomic E-state index is 0.0139. The van der Waals surface area contributed by atoms with Crippen LogP contribution in [0, 0.1) is 11.8 Å². The third-order valence-electron chi connectivity index (χ3n) is 9.83. The number of hydrogen-bond acceptors (Lipinski definition) is 9. The van der Waals surface area contributed by atoms with E-state index in [1.807, 2.05) is 24.3 Å². The molecule has 46 heavy (non-hydrogen) atoms. The molecule has 0 spiro atoms. The molecule has 0 amide bonds. The average Bonchev–Trinajstić information content (AvgIpc) is 3.33. The van der Waals surface area contributed by atoms with Crippen LogP contribution in [0.1, 0.15) is 66.2 Å². The summed E-state index contributed by atoms with van der Waals surface area (Å²) in [4.78, 5) is 13.2. The number of phenols is 3. The van der Waals surface area contributed by atoms with Gasteiger partial charge in [-0.15, -0.1) is 0 Å². The highest BCUT2D eigenvalue weighted by Gasteiger charge is 2.45. The van der Waals surface area contributed by atoms with Gasteiger partial charge in [0.15, 0.2) is 23.0 Å². The predicted molar refractivity (Wildman–Crippen MR) is 174 cm³/mol. The Morgan fingerprint density at radius 1 is 0.978 bits per heavy atom. The highest BCUT2D eigenvalue weighted by atomic mass is 16.5. The number of aliphatic hydroxyl groups is 1. The number of phenolic OH excluding ortho intramolecular Hbond substituents is 3. The molecule has 4 aliphatic rings. The first-order chi connectivity index (χ1) is 22.3. The minimum atomic E-state index is -0.947. The number of carbonyl (C=O) groups excluding carboxylic acids is 1. The first-order valence-electron chi connectivity index (χ1n) is 16.3. The number of nitrogens with two attached hydrogens (primary N) is 1. The number of benzene rings is 3. The molecule has 5 atom stereocenters. The molecular formula is C37H44N2O7. The fourth-order valence-electron chi connectivity index (χ4n) is 7.62. The van der Waals surface area contributed by atoms with E-state index in [1.165, 1.54) is 11.6 Å². The summed E-state index contributed by atoms with van der Waals surface area (Å²) in [6, 6.07) is 16.8.